The molecule has 0 fully saturated rings. The molecule has 0 saturated heterocycles. The highest BCUT2D eigenvalue weighted by molar-refractivity contribution is 7.99. The summed E-state index contributed by atoms with van der Waals surface area (Å²) in [6.45, 7) is 0. The van der Waals surface area contributed by atoms with Gasteiger partial charge in [0.05, 0.1) is 28.0 Å². The Morgan fingerprint density at radius 2 is 1.69 bits per heavy atom. The van der Waals surface area contributed by atoms with Crippen molar-refractivity contribution in [3.05, 3.63) is 100 Å². The van der Waals surface area contributed by atoms with Crippen molar-refractivity contribution >= 4 is 45.0 Å². The van der Waals surface area contributed by atoms with Gasteiger partial charge in [0, 0.05) is 17.0 Å². The molecular formula is C25H16F2N4O2S2. The lowest BCUT2D eigenvalue weighted by atomic mass is 10.2. The molecule has 2 heterocycles. The number of amides is 1. The van der Waals surface area contributed by atoms with E-state index in [9.17, 15) is 18.4 Å². The number of thioether (sulfide) groups is 1. The van der Waals surface area contributed by atoms with Crippen molar-refractivity contribution in [3.8, 4) is 16.9 Å². The predicted molar refractivity (Wildman–Crippen MR) is 134 cm³/mol. The quantitative estimate of drug-likeness (QED) is 0.243. The van der Waals surface area contributed by atoms with Crippen LogP contribution in [0.5, 0.6) is 0 Å². The number of thiazole rings is 1. The van der Waals surface area contributed by atoms with Crippen LogP contribution in [-0.4, -0.2) is 26.2 Å². The smallest absolute Gasteiger partial charge is 0.266 e. The molecule has 1 amide bonds. The fourth-order valence-corrected chi connectivity index (χ4v) is 5.01. The van der Waals surface area contributed by atoms with Crippen molar-refractivity contribution in [1.29, 1.82) is 0 Å². The number of hydrogen-bond donors (Lipinski definition) is 1. The Morgan fingerprint density at radius 3 is 2.46 bits per heavy atom. The highest BCUT2D eigenvalue weighted by Crippen LogP contribution is 2.26. The maximum Gasteiger partial charge on any atom is 0.266 e. The van der Waals surface area contributed by atoms with Crippen molar-refractivity contribution in [3.63, 3.8) is 0 Å². The third kappa shape index (κ3) is 4.98. The predicted octanol–water partition coefficient (Wildman–Crippen LogP) is 5.52. The van der Waals surface area contributed by atoms with Gasteiger partial charge in [-0.1, -0.05) is 54.2 Å². The summed E-state index contributed by atoms with van der Waals surface area (Å²) >= 11 is 2.28. The molecule has 0 aliphatic rings. The maximum atomic E-state index is 13.9. The molecule has 6 nitrogen and oxygen atoms in total. The van der Waals surface area contributed by atoms with E-state index in [1.54, 1.807) is 24.3 Å². The summed E-state index contributed by atoms with van der Waals surface area (Å²) in [6, 6.07) is 19.1. The normalized spacial score (nSPS) is 11.0. The molecular weight excluding hydrogens is 490 g/mol. The average molecular weight is 507 g/mol. The van der Waals surface area contributed by atoms with Crippen LogP contribution >= 0.6 is 23.1 Å². The first-order valence-electron chi connectivity index (χ1n) is 10.4. The zero-order chi connectivity index (χ0) is 24.4. The molecule has 3 aromatic carbocycles. The highest BCUT2D eigenvalue weighted by Gasteiger charge is 2.17. The van der Waals surface area contributed by atoms with E-state index in [0.29, 0.717) is 16.0 Å². The number of hydrogen-bond acceptors (Lipinski definition) is 6. The monoisotopic (exact) mass is 506 g/mol. The topological polar surface area (TPSA) is 76.9 Å². The van der Waals surface area contributed by atoms with E-state index in [4.69, 9.17) is 0 Å². The van der Waals surface area contributed by atoms with Crippen LogP contribution in [0.2, 0.25) is 0 Å². The molecule has 174 valence electrons. The lowest BCUT2D eigenvalue weighted by Crippen LogP contribution is -2.23. The van der Waals surface area contributed by atoms with Gasteiger partial charge in [0.25, 0.3) is 5.56 Å². The zero-order valence-corrected chi connectivity index (χ0v) is 19.6. The Labute approximate surface area is 206 Å². The van der Waals surface area contributed by atoms with Crippen LogP contribution < -0.4 is 10.9 Å². The number of para-hydroxylation sites is 1. The Bertz CT molecular complexity index is 1580. The fourth-order valence-electron chi connectivity index (χ4n) is 3.46. The number of fused-ring (bicyclic) bond motifs is 1. The number of carbonyl (C=O) groups is 1. The van der Waals surface area contributed by atoms with Gasteiger partial charge < -0.3 is 5.32 Å². The van der Waals surface area contributed by atoms with Crippen LogP contribution in [0.25, 0.3) is 27.8 Å². The first-order valence-corrected chi connectivity index (χ1v) is 12.3. The zero-order valence-electron chi connectivity index (χ0n) is 17.9. The molecule has 0 atom stereocenters. The second kappa shape index (κ2) is 9.77. The average Bonchev–Trinajstić information content (AvgIpc) is 3.31. The van der Waals surface area contributed by atoms with Crippen LogP contribution in [0.4, 0.5) is 13.9 Å². The Kier molecular flexibility index (Phi) is 6.39. The van der Waals surface area contributed by atoms with Gasteiger partial charge in [-0.3, -0.25) is 14.2 Å². The van der Waals surface area contributed by atoms with Gasteiger partial charge in [-0.2, -0.15) is 0 Å². The van der Waals surface area contributed by atoms with Crippen molar-refractivity contribution in [1.82, 2.24) is 14.5 Å². The summed E-state index contributed by atoms with van der Waals surface area (Å²) in [5.74, 6) is -2.11. The largest absolute Gasteiger partial charge is 0.301 e. The second-order valence-electron chi connectivity index (χ2n) is 7.42. The van der Waals surface area contributed by atoms with Crippen molar-refractivity contribution in [2.45, 2.75) is 5.16 Å². The molecule has 5 rings (SSSR count). The van der Waals surface area contributed by atoms with E-state index in [2.05, 4.69) is 15.3 Å². The summed E-state index contributed by atoms with van der Waals surface area (Å²) in [7, 11) is 0. The highest BCUT2D eigenvalue weighted by atomic mass is 32.2. The summed E-state index contributed by atoms with van der Waals surface area (Å²) < 4.78 is 29.0. The van der Waals surface area contributed by atoms with Crippen molar-refractivity contribution in [2.24, 2.45) is 0 Å². The SMILES string of the molecule is O=C(CSc1nc2ccccc2c(=O)n1-c1cc(F)cc(F)c1)Nc1nc(-c2ccccc2)cs1. The van der Waals surface area contributed by atoms with Crippen LogP contribution in [0.3, 0.4) is 0 Å². The molecule has 0 radical (unpaired) electrons. The van der Waals surface area contributed by atoms with Crippen LogP contribution in [-0.2, 0) is 4.79 Å². The van der Waals surface area contributed by atoms with E-state index in [-0.39, 0.29) is 22.5 Å². The van der Waals surface area contributed by atoms with Crippen LogP contribution in [0, 0.1) is 11.6 Å². The van der Waals surface area contributed by atoms with Gasteiger partial charge in [-0.15, -0.1) is 11.3 Å². The maximum absolute atomic E-state index is 13.9. The molecule has 2 aromatic heterocycles. The first-order chi connectivity index (χ1) is 17.0. The van der Waals surface area contributed by atoms with Crippen molar-refractivity contribution in [2.75, 3.05) is 11.1 Å². The third-order valence-electron chi connectivity index (χ3n) is 5.00. The Hall–Kier alpha value is -3.89. The second-order valence-corrected chi connectivity index (χ2v) is 9.22. The lowest BCUT2D eigenvalue weighted by Gasteiger charge is -2.13. The summed E-state index contributed by atoms with van der Waals surface area (Å²) in [4.78, 5) is 34.8. The number of halogens is 2. The summed E-state index contributed by atoms with van der Waals surface area (Å²) in [5, 5.41) is 5.46. The molecule has 0 aliphatic carbocycles. The third-order valence-corrected chi connectivity index (χ3v) is 6.70. The van der Waals surface area contributed by atoms with Crippen LogP contribution in [0.15, 0.2) is 88.1 Å². The lowest BCUT2D eigenvalue weighted by molar-refractivity contribution is -0.113. The minimum Gasteiger partial charge on any atom is -0.301 e. The van der Waals surface area contributed by atoms with E-state index >= 15 is 0 Å². The Morgan fingerprint density at radius 1 is 0.971 bits per heavy atom. The number of nitrogens with zero attached hydrogens (tertiary/aromatic N) is 3. The minimum absolute atomic E-state index is 0.0129. The first kappa shape index (κ1) is 22.9. The molecule has 0 unspecified atom stereocenters. The number of carbonyl (C=O) groups excluding carboxylic acids is 1. The fraction of sp³-hybridized carbons (Fsp3) is 0.0400. The minimum atomic E-state index is -0.827. The standard InChI is InChI=1S/C25H16F2N4O2S2/c26-16-10-17(27)12-18(11-16)31-23(33)19-8-4-5-9-20(19)29-25(31)35-14-22(32)30-24-28-21(13-34-24)15-6-2-1-3-7-15/h1-13H,14H2,(H,28,30,32). The van der Waals surface area contributed by atoms with Gasteiger partial charge >= 0.3 is 0 Å². The number of benzene rings is 3. The summed E-state index contributed by atoms with van der Waals surface area (Å²) in [5.41, 5.74) is 1.60. The summed E-state index contributed by atoms with van der Waals surface area (Å²) in [6.07, 6.45) is 0. The molecule has 35 heavy (non-hydrogen) atoms. The molecule has 10 heteroatoms. The number of anilines is 1. The molecule has 0 bridgehead atoms. The van der Waals surface area contributed by atoms with E-state index in [1.807, 2.05) is 35.7 Å². The molecule has 1 N–H and O–H groups in total. The van der Waals surface area contributed by atoms with Gasteiger partial charge in [0.2, 0.25) is 5.91 Å². The van der Waals surface area contributed by atoms with E-state index in [0.717, 1.165) is 45.8 Å². The van der Waals surface area contributed by atoms with Crippen molar-refractivity contribution < 1.29 is 13.6 Å². The van der Waals surface area contributed by atoms with Crippen LogP contribution in [0.1, 0.15) is 0 Å². The van der Waals surface area contributed by atoms with Gasteiger partial charge in [-0.25, -0.2) is 18.7 Å². The van der Waals surface area contributed by atoms with E-state index < -0.39 is 17.2 Å². The molecule has 0 aliphatic heterocycles. The van der Waals surface area contributed by atoms with E-state index in [1.165, 1.54) is 11.3 Å². The molecule has 5 aromatic rings. The molecule has 0 spiro atoms. The number of aromatic nitrogens is 3. The molecule has 0 saturated carbocycles. The van der Waals surface area contributed by atoms with Gasteiger partial charge in [0.1, 0.15) is 11.6 Å². The van der Waals surface area contributed by atoms with Gasteiger partial charge in [-0.05, 0) is 24.3 Å². The number of nitrogens with one attached hydrogen (secondary N) is 1. The Balaban J connectivity index is 1.41. The number of rotatable bonds is 6. The van der Waals surface area contributed by atoms with Gasteiger partial charge in [0.15, 0.2) is 10.3 Å².